The monoisotopic (exact) mass is 368 g/mol. The highest BCUT2D eigenvalue weighted by Gasteiger charge is 2.23. The van der Waals surface area contributed by atoms with Crippen molar-refractivity contribution >= 4 is 54.6 Å². The van der Waals surface area contributed by atoms with Crippen LogP contribution in [-0.2, 0) is 12.8 Å². The summed E-state index contributed by atoms with van der Waals surface area (Å²) in [5.74, 6) is 1.60. The van der Waals surface area contributed by atoms with Gasteiger partial charge in [0.25, 0.3) is 0 Å². The van der Waals surface area contributed by atoms with E-state index in [1.165, 1.54) is 28.2 Å². The molecule has 1 aromatic carbocycles. The molecule has 0 aliphatic heterocycles. The molecule has 5 rings (SSSR count). The summed E-state index contributed by atoms with van der Waals surface area (Å²) >= 11 is 3.02. The molecular weight excluding hydrogens is 352 g/mol. The molecule has 1 aliphatic carbocycles. The van der Waals surface area contributed by atoms with Gasteiger partial charge in [-0.15, -0.1) is 11.3 Å². The minimum Gasteiger partial charge on any atom is -0.340 e. The van der Waals surface area contributed by atoms with Gasteiger partial charge < -0.3 is 10.3 Å². The lowest BCUT2D eigenvalue weighted by molar-refractivity contribution is 0.509. The molecule has 0 saturated carbocycles. The minimum atomic E-state index is -0.0300. The summed E-state index contributed by atoms with van der Waals surface area (Å²) in [6.07, 6.45) is 5.08. The molecule has 0 saturated heterocycles. The predicted octanol–water partition coefficient (Wildman–Crippen LogP) is 4.46. The van der Waals surface area contributed by atoms with Crippen LogP contribution in [0.3, 0.4) is 0 Å². The van der Waals surface area contributed by atoms with Crippen molar-refractivity contribution in [1.29, 1.82) is 0 Å². The molecule has 2 N–H and O–H groups in total. The van der Waals surface area contributed by atoms with E-state index in [0.717, 1.165) is 50.7 Å². The van der Waals surface area contributed by atoms with Crippen molar-refractivity contribution < 1.29 is 0 Å². The van der Waals surface area contributed by atoms with Crippen LogP contribution in [0.25, 0.3) is 20.4 Å². The second kappa shape index (κ2) is 5.64. The van der Waals surface area contributed by atoms with Gasteiger partial charge in [0, 0.05) is 10.6 Å². The lowest BCUT2D eigenvalue weighted by Gasteiger charge is -2.18. The molecule has 0 spiro atoms. The molecule has 25 heavy (non-hydrogen) atoms. The molecule has 3 aromatic heterocycles. The molecule has 5 nitrogen and oxygen atoms in total. The van der Waals surface area contributed by atoms with Gasteiger partial charge in [0.1, 0.15) is 17.0 Å². The van der Waals surface area contributed by atoms with E-state index in [0.29, 0.717) is 0 Å². The SMILES string of the molecule is C[C@@H]1CCc2c(sc3ncnc(Nc4ccc5[nH]c(=O)sc5c4)c23)C1. The summed E-state index contributed by atoms with van der Waals surface area (Å²) in [4.78, 5) is 25.8. The second-order valence-corrected chi connectivity index (χ2v) is 8.70. The Kier molecular flexibility index (Phi) is 3.39. The average Bonchev–Trinajstić information content (AvgIpc) is 3.13. The Balaban J connectivity index is 1.60. The summed E-state index contributed by atoms with van der Waals surface area (Å²) in [5.41, 5.74) is 3.22. The van der Waals surface area contributed by atoms with Crippen LogP contribution < -0.4 is 10.2 Å². The van der Waals surface area contributed by atoms with E-state index in [1.807, 2.05) is 18.2 Å². The zero-order valence-electron chi connectivity index (χ0n) is 13.6. The van der Waals surface area contributed by atoms with E-state index < -0.39 is 0 Å². The van der Waals surface area contributed by atoms with E-state index in [9.17, 15) is 4.79 Å². The summed E-state index contributed by atoms with van der Waals surface area (Å²) in [7, 11) is 0. The van der Waals surface area contributed by atoms with E-state index in [4.69, 9.17) is 0 Å². The van der Waals surface area contributed by atoms with Gasteiger partial charge in [-0.3, -0.25) is 4.79 Å². The van der Waals surface area contributed by atoms with Gasteiger partial charge in [-0.05, 0) is 48.9 Å². The Labute approximate surface area is 151 Å². The third-order valence-electron chi connectivity index (χ3n) is 4.78. The minimum absolute atomic E-state index is 0.0300. The maximum absolute atomic E-state index is 11.5. The standard InChI is InChI=1S/C18H16N4OS2/c1-9-2-4-11-13(6-9)24-17-15(11)16(19-8-20-17)21-10-3-5-12-14(7-10)25-18(23)22-12/h3,5,7-9H,2,4,6H2,1H3,(H,22,23)(H,19,20,21)/t9-/m1/s1. The Morgan fingerprint density at radius 1 is 1.28 bits per heavy atom. The molecule has 1 atom stereocenters. The molecule has 4 aromatic rings. The molecule has 0 radical (unpaired) electrons. The van der Waals surface area contributed by atoms with Crippen LogP contribution in [0.2, 0.25) is 0 Å². The number of thiophene rings is 1. The number of hydrogen-bond acceptors (Lipinski definition) is 6. The Bertz CT molecular complexity index is 1160. The number of thiazole rings is 1. The lowest BCUT2D eigenvalue weighted by atomic mass is 9.89. The zero-order valence-corrected chi connectivity index (χ0v) is 15.3. The average molecular weight is 368 g/mol. The molecule has 1 aliphatic rings. The second-order valence-electron chi connectivity index (χ2n) is 6.60. The number of rotatable bonds is 2. The van der Waals surface area contributed by atoms with Crippen LogP contribution in [0.15, 0.2) is 29.3 Å². The van der Waals surface area contributed by atoms with Crippen LogP contribution in [0.4, 0.5) is 11.5 Å². The number of aromatic nitrogens is 3. The van der Waals surface area contributed by atoms with Crippen molar-refractivity contribution in [2.75, 3.05) is 5.32 Å². The highest BCUT2D eigenvalue weighted by Crippen LogP contribution is 2.40. The highest BCUT2D eigenvalue weighted by molar-refractivity contribution is 7.19. The molecule has 126 valence electrons. The quantitative estimate of drug-likeness (QED) is 0.548. The Hall–Kier alpha value is -2.25. The third-order valence-corrected chi connectivity index (χ3v) is 6.78. The first-order valence-corrected chi connectivity index (χ1v) is 9.96. The summed E-state index contributed by atoms with van der Waals surface area (Å²) < 4.78 is 0.946. The number of anilines is 2. The number of aryl methyl sites for hydroxylation is 1. The molecule has 0 fully saturated rings. The number of hydrogen-bond donors (Lipinski definition) is 2. The van der Waals surface area contributed by atoms with Crippen molar-refractivity contribution in [1.82, 2.24) is 15.0 Å². The van der Waals surface area contributed by atoms with Crippen LogP contribution in [0.5, 0.6) is 0 Å². The first-order chi connectivity index (χ1) is 12.2. The largest absolute Gasteiger partial charge is 0.340 e. The lowest BCUT2D eigenvalue weighted by Crippen LogP contribution is -2.09. The number of nitrogens with one attached hydrogen (secondary N) is 2. The van der Waals surface area contributed by atoms with E-state index in [2.05, 4.69) is 27.2 Å². The Morgan fingerprint density at radius 3 is 3.12 bits per heavy atom. The van der Waals surface area contributed by atoms with Crippen LogP contribution in [0.1, 0.15) is 23.8 Å². The van der Waals surface area contributed by atoms with Gasteiger partial charge >= 0.3 is 4.87 Å². The summed E-state index contributed by atoms with van der Waals surface area (Å²) in [5, 5.41) is 4.61. The molecule has 0 bridgehead atoms. The van der Waals surface area contributed by atoms with Crippen LogP contribution in [0, 0.1) is 5.92 Å². The summed E-state index contributed by atoms with van der Waals surface area (Å²) in [6.45, 7) is 2.32. The number of fused-ring (bicyclic) bond motifs is 4. The van der Waals surface area contributed by atoms with Gasteiger partial charge in [-0.25, -0.2) is 9.97 Å². The number of benzene rings is 1. The van der Waals surface area contributed by atoms with Gasteiger partial charge in [0.05, 0.1) is 15.6 Å². The van der Waals surface area contributed by atoms with Gasteiger partial charge in [0.15, 0.2) is 0 Å². The fraction of sp³-hybridized carbons (Fsp3) is 0.278. The molecule has 3 heterocycles. The van der Waals surface area contributed by atoms with Crippen molar-refractivity contribution in [3.05, 3.63) is 44.6 Å². The predicted molar refractivity (Wildman–Crippen MR) is 104 cm³/mol. The fourth-order valence-corrected chi connectivity index (χ4v) is 5.66. The van der Waals surface area contributed by atoms with E-state index >= 15 is 0 Å². The van der Waals surface area contributed by atoms with Gasteiger partial charge in [-0.1, -0.05) is 18.3 Å². The third kappa shape index (κ3) is 2.54. The van der Waals surface area contributed by atoms with Crippen molar-refractivity contribution in [3.63, 3.8) is 0 Å². The smallest absolute Gasteiger partial charge is 0.305 e. The topological polar surface area (TPSA) is 70.7 Å². The van der Waals surface area contributed by atoms with Gasteiger partial charge in [0.2, 0.25) is 0 Å². The van der Waals surface area contributed by atoms with Crippen LogP contribution in [-0.4, -0.2) is 15.0 Å². The summed E-state index contributed by atoms with van der Waals surface area (Å²) in [6, 6.07) is 5.89. The van der Waals surface area contributed by atoms with Crippen molar-refractivity contribution in [2.24, 2.45) is 5.92 Å². The van der Waals surface area contributed by atoms with E-state index in [-0.39, 0.29) is 4.87 Å². The molecule has 0 amide bonds. The maximum atomic E-state index is 11.5. The van der Waals surface area contributed by atoms with Crippen molar-refractivity contribution in [2.45, 2.75) is 26.2 Å². The van der Waals surface area contributed by atoms with Crippen LogP contribution >= 0.6 is 22.7 Å². The Morgan fingerprint density at radius 2 is 2.20 bits per heavy atom. The highest BCUT2D eigenvalue weighted by atomic mass is 32.1. The number of aromatic amines is 1. The fourth-order valence-electron chi connectivity index (χ4n) is 3.53. The van der Waals surface area contributed by atoms with E-state index in [1.54, 1.807) is 17.7 Å². The molecule has 7 heteroatoms. The molecule has 0 unspecified atom stereocenters. The molecular formula is C18H16N4OS2. The first-order valence-electron chi connectivity index (χ1n) is 8.32. The number of nitrogens with zero attached hydrogens (tertiary/aromatic N) is 2. The normalized spacial score (nSPS) is 17.1. The number of H-pyrrole nitrogens is 1. The first kappa shape index (κ1) is 15.0. The van der Waals surface area contributed by atoms with Crippen molar-refractivity contribution in [3.8, 4) is 0 Å². The zero-order chi connectivity index (χ0) is 17.0. The van der Waals surface area contributed by atoms with Gasteiger partial charge in [-0.2, -0.15) is 0 Å². The maximum Gasteiger partial charge on any atom is 0.305 e.